The quantitative estimate of drug-likeness (QED) is 0.452. The maximum Gasteiger partial charge on any atom is 0.254 e. The molecule has 0 aliphatic carbocycles. The third kappa shape index (κ3) is 4.40. The average Bonchev–Trinajstić information content (AvgIpc) is 3.38. The van der Waals surface area contributed by atoms with E-state index in [1.807, 2.05) is 60.7 Å². The van der Waals surface area contributed by atoms with Crippen molar-refractivity contribution in [1.29, 1.82) is 0 Å². The van der Waals surface area contributed by atoms with Gasteiger partial charge in [0.2, 0.25) is 10.0 Å². The van der Waals surface area contributed by atoms with E-state index < -0.39 is 10.0 Å². The van der Waals surface area contributed by atoms with Crippen LogP contribution in [0.4, 0.5) is 0 Å². The van der Waals surface area contributed by atoms with Gasteiger partial charge in [0, 0.05) is 31.6 Å². The molecule has 1 saturated heterocycles. The molecular weight excluding hydrogens is 438 g/mol. The number of aromatic nitrogens is 1. The average molecular weight is 462 g/mol. The van der Waals surface area contributed by atoms with E-state index in [-0.39, 0.29) is 24.7 Å². The number of rotatable bonds is 5. The summed E-state index contributed by atoms with van der Waals surface area (Å²) in [6.45, 7) is 1.21. The summed E-state index contributed by atoms with van der Waals surface area (Å²) >= 11 is 0. The molecule has 1 fully saturated rings. The number of pyridine rings is 1. The lowest BCUT2D eigenvalue weighted by Crippen LogP contribution is -2.50. The van der Waals surface area contributed by atoms with Crippen LogP contribution < -0.4 is 0 Å². The fourth-order valence-corrected chi connectivity index (χ4v) is 5.63. The molecule has 7 nitrogen and oxygen atoms in total. The zero-order chi connectivity index (χ0) is 22.8. The van der Waals surface area contributed by atoms with Gasteiger partial charge in [-0.1, -0.05) is 48.5 Å². The minimum atomic E-state index is -3.45. The van der Waals surface area contributed by atoms with Gasteiger partial charge in [-0.05, 0) is 29.8 Å². The van der Waals surface area contributed by atoms with Crippen LogP contribution in [0.15, 0.2) is 83.5 Å². The van der Waals surface area contributed by atoms with Crippen LogP contribution in [0.25, 0.3) is 22.4 Å². The normalized spacial score (nSPS) is 15.1. The van der Waals surface area contributed by atoms with Crippen molar-refractivity contribution in [3.05, 3.63) is 90.2 Å². The number of hydrogen-bond acceptors (Lipinski definition) is 5. The highest BCUT2D eigenvalue weighted by atomic mass is 32.2. The number of fused-ring (bicyclic) bond motifs is 1. The number of para-hydroxylation sites is 1. The van der Waals surface area contributed by atoms with Gasteiger partial charge in [0.05, 0.1) is 23.1 Å². The molecule has 168 valence electrons. The molecule has 0 radical (unpaired) electrons. The highest BCUT2D eigenvalue weighted by Gasteiger charge is 2.30. The Morgan fingerprint density at radius 1 is 0.909 bits per heavy atom. The number of piperazine rings is 1. The first-order chi connectivity index (χ1) is 16.0. The van der Waals surface area contributed by atoms with Crippen LogP contribution in [-0.4, -0.2) is 54.7 Å². The monoisotopic (exact) mass is 461 g/mol. The highest BCUT2D eigenvalue weighted by Crippen LogP contribution is 2.26. The zero-order valence-electron chi connectivity index (χ0n) is 17.9. The standard InChI is InChI=1S/C25H23N3O4S/c29-25(21-17-23(24-11-6-16-32-24)26-22-10-5-4-9-20(21)22)27-12-14-28(15-13-27)33(30,31)18-19-7-2-1-3-8-19/h1-11,16-17H,12-15,18H2. The predicted octanol–water partition coefficient (Wildman–Crippen LogP) is 3.78. The van der Waals surface area contributed by atoms with Crippen molar-refractivity contribution in [2.45, 2.75) is 5.75 Å². The Kier molecular flexibility index (Phi) is 5.70. The molecule has 1 amide bonds. The first kappa shape index (κ1) is 21.4. The molecule has 0 spiro atoms. The number of hydrogen-bond donors (Lipinski definition) is 0. The number of nitrogens with zero attached hydrogens (tertiary/aromatic N) is 3. The van der Waals surface area contributed by atoms with E-state index >= 15 is 0 Å². The number of carbonyl (C=O) groups is 1. The molecule has 2 aromatic heterocycles. The van der Waals surface area contributed by atoms with Gasteiger partial charge in [0.1, 0.15) is 5.69 Å². The minimum Gasteiger partial charge on any atom is -0.463 e. The molecule has 4 aromatic rings. The second kappa shape index (κ2) is 8.80. The molecule has 33 heavy (non-hydrogen) atoms. The molecule has 8 heteroatoms. The van der Waals surface area contributed by atoms with Gasteiger partial charge in [0.25, 0.3) is 5.91 Å². The molecule has 3 heterocycles. The Hall–Kier alpha value is -3.49. The van der Waals surface area contributed by atoms with Crippen molar-refractivity contribution in [3.63, 3.8) is 0 Å². The SMILES string of the molecule is O=C(c1cc(-c2ccco2)nc2ccccc12)N1CCN(S(=O)(=O)Cc2ccccc2)CC1. The van der Waals surface area contributed by atoms with Crippen molar-refractivity contribution >= 4 is 26.8 Å². The topological polar surface area (TPSA) is 83.7 Å². The van der Waals surface area contributed by atoms with Crippen molar-refractivity contribution in [1.82, 2.24) is 14.2 Å². The Balaban J connectivity index is 1.36. The first-order valence-corrected chi connectivity index (χ1v) is 12.4. The maximum absolute atomic E-state index is 13.5. The minimum absolute atomic E-state index is 0.0384. The molecule has 1 aliphatic rings. The van der Waals surface area contributed by atoms with Gasteiger partial charge in [0.15, 0.2) is 5.76 Å². The van der Waals surface area contributed by atoms with Crippen LogP contribution in [-0.2, 0) is 15.8 Å². The van der Waals surface area contributed by atoms with Gasteiger partial charge in [-0.2, -0.15) is 4.31 Å². The molecule has 0 saturated carbocycles. The summed E-state index contributed by atoms with van der Waals surface area (Å²) in [7, 11) is -3.45. The largest absolute Gasteiger partial charge is 0.463 e. The third-order valence-electron chi connectivity index (χ3n) is 5.83. The van der Waals surface area contributed by atoms with E-state index in [2.05, 4.69) is 4.98 Å². The van der Waals surface area contributed by atoms with E-state index in [4.69, 9.17) is 4.42 Å². The lowest BCUT2D eigenvalue weighted by atomic mass is 10.1. The first-order valence-electron chi connectivity index (χ1n) is 10.8. The van der Waals surface area contributed by atoms with Crippen LogP contribution in [0.5, 0.6) is 0 Å². The van der Waals surface area contributed by atoms with Gasteiger partial charge in [-0.25, -0.2) is 13.4 Å². The Morgan fingerprint density at radius 3 is 2.36 bits per heavy atom. The summed E-state index contributed by atoms with van der Waals surface area (Å²) in [5.74, 6) is 0.414. The molecule has 2 aromatic carbocycles. The van der Waals surface area contributed by atoms with Crippen LogP contribution in [0.1, 0.15) is 15.9 Å². The molecule has 0 bridgehead atoms. The van der Waals surface area contributed by atoms with Crippen molar-refractivity contribution < 1.29 is 17.6 Å². The molecule has 1 aliphatic heterocycles. The number of carbonyl (C=O) groups excluding carboxylic acids is 1. The predicted molar refractivity (Wildman–Crippen MR) is 126 cm³/mol. The second-order valence-electron chi connectivity index (χ2n) is 7.98. The molecule has 0 unspecified atom stereocenters. The summed E-state index contributed by atoms with van der Waals surface area (Å²) in [6, 6.07) is 22.0. The summed E-state index contributed by atoms with van der Waals surface area (Å²) in [5.41, 5.74) is 2.59. The van der Waals surface area contributed by atoms with Crippen LogP contribution in [0.2, 0.25) is 0 Å². The third-order valence-corrected chi connectivity index (χ3v) is 7.68. The van der Waals surface area contributed by atoms with E-state index in [0.717, 1.165) is 10.9 Å². The van der Waals surface area contributed by atoms with E-state index in [0.29, 0.717) is 35.6 Å². The second-order valence-corrected chi connectivity index (χ2v) is 9.95. The smallest absolute Gasteiger partial charge is 0.254 e. The van der Waals surface area contributed by atoms with Crippen LogP contribution >= 0.6 is 0 Å². The Labute approximate surface area is 192 Å². The number of furan rings is 1. The Morgan fingerprint density at radius 2 is 1.64 bits per heavy atom. The summed E-state index contributed by atoms with van der Waals surface area (Å²) in [4.78, 5) is 19.8. The maximum atomic E-state index is 13.5. The van der Waals surface area contributed by atoms with Gasteiger partial charge < -0.3 is 9.32 Å². The number of benzene rings is 2. The highest BCUT2D eigenvalue weighted by molar-refractivity contribution is 7.88. The molecular formula is C25H23N3O4S. The zero-order valence-corrected chi connectivity index (χ0v) is 18.7. The van der Waals surface area contributed by atoms with Crippen molar-refractivity contribution in [2.24, 2.45) is 0 Å². The van der Waals surface area contributed by atoms with Crippen molar-refractivity contribution in [2.75, 3.05) is 26.2 Å². The molecule has 5 rings (SSSR count). The van der Waals surface area contributed by atoms with Gasteiger partial charge in [-0.3, -0.25) is 4.79 Å². The molecule has 0 N–H and O–H groups in total. The summed E-state index contributed by atoms with van der Waals surface area (Å²) < 4.78 is 32.7. The summed E-state index contributed by atoms with van der Waals surface area (Å²) in [6.07, 6.45) is 1.57. The van der Waals surface area contributed by atoms with Crippen LogP contribution in [0.3, 0.4) is 0 Å². The van der Waals surface area contributed by atoms with Gasteiger partial charge in [-0.15, -0.1) is 0 Å². The summed E-state index contributed by atoms with van der Waals surface area (Å²) in [5, 5.41) is 0.761. The van der Waals surface area contributed by atoms with Crippen LogP contribution in [0, 0.1) is 0 Å². The van der Waals surface area contributed by atoms with E-state index in [1.54, 1.807) is 23.3 Å². The van der Waals surface area contributed by atoms with E-state index in [1.165, 1.54) is 4.31 Å². The van der Waals surface area contributed by atoms with Crippen molar-refractivity contribution in [3.8, 4) is 11.5 Å². The fraction of sp³-hybridized carbons (Fsp3) is 0.200. The number of sulfonamides is 1. The fourth-order valence-electron chi connectivity index (χ4n) is 4.12. The Bertz CT molecular complexity index is 1380. The lowest BCUT2D eigenvalue weighted by molar-refractivity contribution is 0.0699. The van der Waals surface area contributed by atoms with Gasteiger partial charge >= 0.3 is 0 Å². The van der Waals surface area contributed by atoms with E-state index in [9.17, 15) is 13.2 Å². The molecule has 0 atom stereocenters. The number of amides is 1. The lowest BCUT2D eigenvalue weighted by Gasteiger charge is -2.34.